The van der Waals surface area contributed by atoms with Crippen molar-refractivity contribution in [2.24, 2.45) is 0 Å². The molecule has 0 aliphatic carbocycles. The summed E-state index contributed by atoms with van der Waals surface area (Å²) in [6, 6.07) is 3.34. The quantitative estimate of drug-likeness (QED) is 0.759. The third-order valence-corrected chi connectivity index (χ3v) is 5.87. The Kier molecular flexibility index (Phi) is 5.89. The smallest absolute Gasteiger partial charge is 0.326 e. The summed E-state index contributed by atoms with van der Waals surface area (Å²) in [6.45, 7) is 0.339. The minimum atomic E-state index is -3.71. The van der Waals surface area contributed by atoms with Gasteiger partial charge in [0.2, 0.25) is 5.91 Å². The van der Waals surface area contributed by atoms with Crippen LogP contribution in [0.3, 0.4) is 0 Å². The Bertz CT molecular complexity index is 760. The molecule has 0 spiro atoms. The predicted octanol–water partition coefficient (Wildman–Crippen LogP) is 0.943. The second-order valence-corrected chi connectivity index (χ2v) is 7.78. The molecule has 1 aromatic carbocycles. The lowest BCUT2D eigenvalue weighted by atomic mass is 10.2. The molecule has 1 aliphatic heterocycles. The molecule has 1 aliphatic rings. The van der Waals surface area contributed by atoms with Crippen LogP contribution in [0.25, 0.3) is 0 Å². The summed E-state index contributed by atoms with van der Waals surface area (Å²) in [6.07, 6.45) is 0.731. The molecule has 138 valence electrons. The highest BCUT2D eigenvalue weighted by atomic mass is 32.2. The first kappa shape index (κ1) is 19.0. The van der Waals surface area contributed by atoms with Gasteiger partial charge >= 0.3 is 5.97 Å². The molecule has 1 unspecified atom stereocenters. The van der Waals surface area contributed by atoms with Crippen LogP contribution >= 0.6 is 0 Å². The molecule has 0 radical (unpaired) electrons. The first-order valence-electron chi connectivity index (χ1n) is 7.77. The van der Waals surface area contributed by atoms with Gasteiger partial charge in [-0.15, -0.1) is 0 Å². The van der Waals surface area contributed by atoms with Crippen molar-refractivity contribution in [3.8, 4) is 11.5 Å². The molecular weight excluding hydrogens is 350 g/mol. The average molecular weight is 371 g/mol. The fraction of sp³-hybridized carbons (Fsp3) is 0.500. The van der Waals surface area contributed by atoms with Crippen molar-refractivity contribution in [3.63, 3.8) is 0 Å². The van der Waals surface area contributed by atoms with E-state index in [1.54, 1.807) is 0 Å². The van der Waals surface area contributed by atoms with E-state index in [-0.39, 0.29) is 17.1 Å². The topological polar surface area (TPSA) is 110 Å². The van der Waals surface area contributed by atoms with E-state index in [2.05, 4.69) is 0 Å². The largest absolute Gasteiger partial charge is 0.493 e. The van der Waals surface area contributed by atoms with Crippen molar-refractivity contribution < 1.29 is 32.6 Å². The van der Waals surface area contributed by atoms with Gasteiger partial charge in [0.05, 0.1) is 24.9 Å². The number of ether oxygens (including phenoxy) is 2. The summed E-state index contributed by atoms with van der Waals surface area (Å²) in [5.74, 6) is -1.24. The van der Waals surface area contributed by atoms with Crippen LogP contribution in [0.5, 0.6) is 11.5 Å². The van der Waals surface area contributed by atoms with Crippen LogP contribution in [-0.2, 0) is 19.4 Å². The molecule has 1 amide bonds. The van der Waals surface area contributed by atoms with Crippen molar-refractivity contribution in [1.29, 1.82) is 0 Å². The standard InChI is InChI=1S/C16H21NO7S/c1-23-13-6-5-11(10-14(13)24-2)25(21,22)9-7-15(18)17-8-3-4-12(17)16(19)20/h5-6,10,12H,3-4,7-9H2,1-2H3,(H,19,20). The predicted molar refractivity (Wildman–Crippen MR) is 88.6 cm³/mol. The number of amides is 1. The van der Waals surface area contributed by atoms with Gasteiger partial charge in [-0.05, 0) is 25.0 Å². The summed E-state index contributed by atoms with van der Waals surface area (Å²) >= 11 is 0. The summed E-state index contributed by atoms with van der Waals surface area (Å²) < 4.78 is 35.1. The number of hydrogen-bond donors (Lipinski definition) is 1. The van der Waals surface area contributed by atoms with Crippen molar-refractivity contribution in [2.45, 2.75) is 30.2 Å². The highest BCUT2D eigenvalue weighted by Crippen LogP contribution is 2.30. The van der Waals surface area contributed by atoms with Crippen molar-refractivity contribution >= 4 is 21.7 Å². The minimum Gasteiger partial charge on any atom is -0.493 e. The number of benzene rings is 1. The van der Waals surface area contributed by atoms with E-state index in [0.717, 1.165) is 0 Å². The molecule has 1 heterocycles. The van der Waals surface area contributed by atoms with E-state index in [4.69, 9.17) is 14.6 Å². The monoisotopic (exact) mass is 371 g/mol. The maximum Gasteiger partial charge on any atom is 0.326 e. The van der Waals surface area contributed by atoms with Crippen LogP contribution in [0.4, 0.5) is 0 Å². The van der Waals surface area contributed by atoms with E-state index >= 15 is 0 Å². The zero-order chi connectivity index (χ0) is 18.6. The maximum absolute atomic E-state index is 12.5. The molecule has 1 fully saturated rings. The Morgan fingerprint density at radius 2 is 1.92 bits per heavy atom. The number of sulfone groups is 1. The van der Waals surface area contributed by atoms with E-state index in [1.807, 2.05) is 0 Å². The number of hydrogen-bond acceptors (Lipinski definition) is 6. The second-order valence-electron chi connectivity index (χ2n) is 5.67. The first-order valence-corrected chi connectivity index (χ1v) is 9.42. The second kappa shape index (κ2) is 7.73. The Balaban J connectivity index is 2.09. The molecule has 2 rings (SSSR count). The van der Waals surface area contributed by atoms with Gasteiger partial charge in [0.1, 0.15) is 6.04 Å². The van der Waals surface area contributed by atoms with Crippen molar-refractivity contribution in [2.75, 3.05) is 26.5 Å². The van der Waals surface area contributed by atoms with E-state index in [1.165, 1.54) is 37.3 Å². The lowest BCUT2D eigenvalue weighted by molar-refractivity contribution is -0.148. The number of nitrogens with zero attached hydrogens (tertiary/aromatic N) is 1. The lowest BCUT2D eigenvalue weighted by Crippen LogP contribution is -2.40. The Labute approximate surface area is 146 Å². The number of carbonyl (C=O) groups excluding carboxylic acids is 1. The van der Waals surface area contributed by atoms with Gasteiger partial charge in [0, 0.05) is 19.0 Å². The van der Waals surface area contributed by atoms with Gasteiger partial charge < -0.3 is 19.5 Å². The number of likely N-dealkylation sites (tertiary alicyclic amines) is 1. The minimum absolute atomic E-state index is 0.0224. The fourth-order valence-corrected chi connectivity index (χ4v) is 4.06. The number of rotatable bonds is 7. The molecule has 1 saturated heterocycles. The SMILES string of the molecule is COc1ccc(S(=O)(=O)CCC(=O)N2CCCC2C(=O)O)cc1OC. The lowest BCUT2D eigenvalue weighted by Gasteiger charge is -2.21. The van der Waals surface area contributed by atoms with Crippen LogP contribution in [0, 0.1) is 0 Å². The van der Waals surface area contributed by atoms with Gasteiger partial charge in [-0.2, -0.15) is 0 Å². The third-order valence-electron chi connectivity index (χ3n) is 4.16. The highest BCUT2D eigenvalue weighted by Gasteiger charge is 2.34. The molecule has 1 aromatic rings. The molecule has 0 bridgehead atoms. The zero-order valence-corrected chi connectivity index (χ0v) is 14.9. The zero-order valence-electron chi connectivity index (χ0n) is 14.1. The van der Waals surface area contributed by atoms with Crippen molar-refractivity contribution in [3.05, 3.63) is 18.2 Å². The fourth-order valence-electron chi connectivity index (χ4n) is 2.82. The Morgan fingerprint density at radius 1 is 1.24 bits per heavy atom. The van der Waals surface area contributed by atoms with Crippen molar-refractivity contribution in [1.82, 2.24) is 4.90 Å². The van der Waals surface area contributed by atoms with Gasteiger partial charge in [0.25, 0.3) is 0 Å². The molecule has 0 saturated carbocycles. The molecule has 8 nitrogen and oxygen atoms in total. The van der Waals surface area contributed by atoms with Gasteiger partial charge in [0.15, 0.2) is 21.3 Å². The molecule has 25 heavy (non-hydrogen) atoms. The first-order chi connectivity index (χ1) is 11.8. The summed E-state index contributed by atoms with van der Waals surface area (Å²) in [5, 5.41) is 9.11. The van der Waals surface area contributed by atoms with Crippen LogP contribution in [0.15, 0.2) is 23.1 Å². The molecule has 1 N–H and O–H groups in total. The summed E-state index contributed by atoms with van der Waals surface area (Å²) in [4.78, 5) is 24.6. The molecule has 1 atom stereocenters. The molecule has 9 heteroatoms. The summed E-state index contributed by atoms with van der Waals surface area (Å²) in [5.41, 5.74) is 0. The van der Waals surface area contributed by atoms with Crippen LogP contribution in [-0.4, -0.2) is 62.9 Å². The number of aliphatic carboxylic acids is 1. The van der Waals surface area contributed by atoms with E-state index < -0.39 is 33.5 Å². The van der Waals surface area contributed by atoms with Gasteiger partial charge in [-0.25, -0.2) is 13.2 Å². The normalized spacial score (nSPS) is 17.4. The van der Waals surface area contributed by atoms with Gasteiger partial charge in [-0.3, -0.25) is 4.79 Å². The molecular formula is C16H21NO7S. The van der Waals surface area contributed by atoms with E-state index in [9.17, 15) is 18.0 Å². The van der Waals surface area contributed by atoms with Crippen LogP contribution in [0.2, 0.25) is 0 Å². The number of carboxylic acids is 1. The highest BCUT2D eigenvalue weighted by molar-refractivity contribution is 7.91. The van der Waals surface area contributed by atoms with E-state index in [0.29, 0.717) is 25.1 Å². The Hall–Kier alpha value is -2.29. The average Bonchev–Trinajstić information content (AvgIpc) is 3.09. The summed E-state index contributed by atoms with van der Waals surface area (Å²) in [7, 11) is -0.867. The molecule has 0 aromatic heterocycles. The Morgan fingerprint density at radius 3 is 2.52 bits per heavy atom. The third kappa shape index (κ3) is 4.22. The number of carbonyl (C=O) groups is 2. The van der Waals surface area contributed by atoms with Gasteiger partial charge in [-0.1, -0.05) is 0 Å². The van der Waals surface area contributed by atoms with Crippen LogP contribution in [0.1, 0.15) is 19.3 Å². The maximum atomic E-state index is 12.5. The number of methoxy groups -OCH3 is 2. The number of carboxylic acid groups (broad SMARTS) is 1. The van der Waals surface area contributed by atoms with Crippen LogP contribution < -0.4 is 9.47 Å².